The Hall–Kier alpha value is -1.46. The number of hydrogen-bond donors (Lipinski definition) is 1. The van der Waals surface area contributed by atoms with Gasteiger partial charge in [-0.3, -0.25) is 0 Å². The van der Waals surface area contributed by atoms with Crippen molar-refractivity contribution < 1.29 is 9.50 Å². The second-order valence-corrected chi connectivity index (χ2v) is 3.72. The van der Waals surface area contributed by atoms with Gasteiger partial charge in [-0.25, -0.2) is 4.39 Å². The summed E-state index contributed by atoms with van der Waals surface area (Å²) in [5.41, 5.74) is 0.266. The fraction of sp³-hybridized carbons (Fsp3) is 0.200. The van der Waals surface area contributed by atoms with E-state index in [9.17, 15) is 4.39 Å². The first-order valence-corrected chi connectivity index (χ1v) is 4.96. The second-order valence-electron chi connectivity index (χ2n) is 3.28. The summed E-state index contributed by atoms with van der Waals surface area (Å²) in [6, 6.07) is 4.21. The van der Waals surface area contributed by atoms with Gasteiger partial charge in [-0.05, 0) is 18.2 Å². The Morgan fingerprint density at radius 2 is 2.19 bits per heavy atom. The van der Waals surface area contributed by atoms with E-state index >= 15 is 0 Å². The molecular formula is C10H9ClFN3O. The van der Waals surface area contributed by atoms with E-state index in [4.69, 9.17) is 16.7 Å². The molecule has 0 aliphatic carbocycles. The maximum Gasteiger partial charge on any atom is 0.166 e. The van der Waals surface area contributed by atoms with Crippen molar-refractivity contribution in [2.75, 3.05) is 0 Å². The van der Waals surface area contributed by atoms with Crippen LogP contribution in [-0.2, 0) is 13.7 Å². The van der Waals surface area contributed by atoms with Crippen LogP contribution in [0.1, 0.15) is 5.82 Å². The number of aromatic nitrogens is 3. The summed E-state index contributed by atoms with van der Waals surface area (Å²) in [5, 5.41) is 16.9. The lowest BCUT2D eigenvalue weighted by Crippen LogP contribution is -2.00. The highest BCUT2D eigenvalue weighted by atomic mass is 35.5. The highest BCUT2D eigenvalue weighted by molar-refractivity contribution is 6.30. The third-order valence-electron chi connectivity index (χ3n) is 2.28. The SMILES string of the molecule is Cn1c(CO)nnc1-c1cc(Cl)ccc1F. The van der Waals surface area contributed by atoms with Gasteiger partial charge in [0.2, 0.25) is 0 Å². The van der Waals surface area contributed by atoms with Crippen LogP contribution in [0.2, 0.25) is 5.02 Å². The van der Waals surface area contributed by atoms with Crippen molar-refractivity contribution in [1.29, 1.82) is 0 Å². The zero-order valence-electron chi connectivity index (χ0n) is 8.48. The van der Waals surface area contributed by atoms with E-state index in [-0.39, 0.29) is 12.2 Å². The summed E-state index contributed by atoms with van der Waals surface area (Å²) in [5.74, 6) is 0.280. The molecule has 2 rings (SSSR count). The fourth-order valence-electron chi connectivity index (χ4n) is 1.40. The number of benzene rings is 1. The van der Waals surface area contributed by atoms with Gasteiger partial charge in [-0.2, -0.15) is 0 Å². The molecule has 0 amide bonds. The maximum atomic E-state index is 13.5. The molecule has 0 aliphatic rings. The second kappa shape index (κ2) is 4.19. The lowest BCUT2D eigenvalue weighted by Gasteiger charge is -2.04. The quantitative estimate of drug-likeness (QED) is 0.872. The van der Waals surface area contributed by atoms with Gasteiger partial charge in [-0.15, -0.1) is 10.2 Å². The predicted octanol–water partition coefficient (Wildman–Crippen LogP) is 1.77. The first-order chi connectivity index (χ1) is 7.63. The van der Waals surface area contributed by atoms with Crippen LogP contribution in [0.4, 0.5) is 4.39 Å². The summed E-state index contributed by atoms with van der Waals surface area (Å²) >= 11 is 5.79. The Labute approximate surface area is 96.3 Å². The first kappa shape index (κ1) is 11.0. The molecule has 0 aliphatic heterocycles. The Morgan fingerprint density at radius 3 is 2.81 bits per heavy atom. The highest BCUT2D eigenvalue weighted by Gasteiger charge is 2.14. The number of aliphatic hydroxyl groups is 1. The monoisotopic (exact) mass is 241 g/mol. The summed E-state index contributed by atoms with van der Waals surface area (Å²) in [4.78, 5) is 0. The van der Waals surface area contributed by atoms with Gasteiger partial charge in [-0.1, -0.05) is 11.6 Å². The van der Waals surface area contributed by atoms with E-state index in [1.54, 1.807) is 7.05 Å². The van der Waals surface area contributed by atoms with Crippen molar-refractivity contribution in [3.63, 3.8) is 0 Å². The number of aliphatic hydroxyl groups excluding tert-OH is 1. The van der Waals surface area contributed by atoms with E-state index in [0.29, 0.717) is 16.7 Å². The first-order valence-electron chi connectivity index (χ1n) is 4.58. The highest BCUT2D eigenvalue weighted by Crippen LogP contribution is 2.24. The van der Waals surface area contributed by atoms with E-state index in [0.717, 1.165) is 0 Å². The van der Waals surface area contributed by atoms with Crippen LogP contribution in [0, 0.1) is 5.82 Å². The molecular weight excluding hydrogens is 233 g/mol. The van der Waals surface area contributed by atoms with E-state index in [2.05, 4.69) is 10.2 Å². The van der Waals surface area contributed by atoms with Gasteiger partial charge in [0.15, 0.2) is 11.6 Å². The van der Waals surface area contributed by atoms with Crippen LogP contribution in [0.15, 0.2) is 18.2 Å². The number of nitrogens with zero attached hydrogens (tertiary/aromatic N) is 3. The van der Waals surface area contributed by atoms with Crippen molar-refractivity contribution in [2.24, 2.45) is 7.05 Å². The van der Waals surface area contributed by atoms with Crippen LogP contribution >= 0.6 is 11.6 Å². The molecule has 0 unspecified atom stereocenters. The van der Waals surface area contributed by atoms with Crippen molar-refractivity contribution in [1.82, 2.24) is 14.8 Å². The normalized spacial score (nSPS) is 10.8. The van der Waals surface area contributed by atoms with Gasteiger partial charge in [0.25, 0.3) is 0 Å². The molecule has 1 N–H and O–H groups in total. The molecule has 0 saturated heterocycles. The minimum atomic E-state index is -0.426. The molecule has 16 heavy (non-hydrogen) atoms. The Kier molecular flexibility index (Phi) is 2.89. The largest absolute Gasteiger partial charge is 0.388 e. The van der Waals surface area contributed by atoms with Crippen molar-refractivity contribution in [2.45, 2.75) is 6.61 Å². The summed E-state index contributed by atoms with van der Waals surface area (Å²) < 4.78 is 15.1. The van der Waals surface area contributed by atoms with Gasteiger partial charge in [0.05, 0.1) is 5.56 Å². The third-order valence-corrected chi connectivity index (χ3v) is 2.51. The average molecular weight is 242 g/mol. The van der Waals surface area contributed by atoms with Crippen molar-refractivity contribution >= 4 is 11.6 Å². The van der Waals surface area contributed by atoms with Crippen LogP contribution in [0.5, 0.6) is 0 Å². The molecule has 84 valence electrons. The van der Waals surface area contributed by atoms with E-state index in [1.807, 2.05) is 0 Å². The number of hydrogen-bond acceptors (Lipinski definition) is 3. The Morgan fingerprint density at radius 1 is 1.44 bits per heavy atom. The zero-order chi connectivity index (χ0) is 11.7. The molecule has 0 bridgehead atoms. The Balaban J connectivity index is 2.58. The minimum absolute atomic E-state index is 0.244. The van der Waals surface area contributed by atoms with Crippen molar-refractivity contribution in [3.05, 3.63) is 34.9 Å². The van der Waals surface area contributed by atoms with Crippen LogP contribution in [-0.4, -0.2) is 19.9 Å². The smallest absolute Gasteiger partial charge is 0.166 e. The summed E-state index contributed by atoms with van der Waals surface area (Å²) in [7, 11) is 1.65. The topological polar surface area (TPSA) is 50.9 Å². The maximum absolute atomic E-state index is 13.5. The van der Waals surface area contributed by atoms with E-state index < -0.39 is 5.82 Å². The van der Waals surface area contributed by atoms with E-state index in [1.165, 1.54) is 22.8 Å². The molecule has 0 radical (unpaired) electrons. The molecule has 0 atom stereocenters. The average Bonchev–Trinajstić information content (AvgIpc) is 2.63. The van der Waals surface area contributed by atoms with Crippen LogP contribution in [0.25, 0.3) is 11.4 Å². The van der Waals surface area contributed by atoms with Crippen LogP contribution in [0.3, 0.4) is 0 Å². The molecule has 0 spiro atoms. The molecule has 0 saturated carbocycles. The summed E-state index contributed by atoms with van der Waals surface area (Å²) in [6.45, 7) is -0.244. The minimum Gasteiger partial charge on any atom is -0.388 e. The molecule has 1 aromatic carbocycles. The van der Waals surface area contributed by atoms with Gasteiger partial charge < -0.3 is 9.67 Å². The molecule has 1 heterocycles. The fourth-order valence-corrected chi connectivity index (χ4v) is 1.57. The Bertz CT molecular complexity index is 527. The van der Waals surface area contributed by atoms with Crippen molar-refractivity contribution in [3.8, 4) is 11.4 Å². The predicted molar refractivity (Wildman–Crippen MR) is 57.3 cm³/mol. The van der Waals surface area contributed by atoms with Gasteiger partial charge >= 0.3 is 0 Å². The lowest BCUT2D eigenvalue weighted by molar-refractivity contribution is 0.267. The van der Waals surface area contributed by atoms with Gasteiger partial charge in [0.1, 0.15) is 12.4 Å². The lowest BCUT2D eigenvalue weighted by atomic mass is 10.2. The molecule has 0 fully saturated rings. The zero-order valence-corrected chi connectivity index (χ0v) is 9.24. The third kappa shape index (κ3) is 1.79. The number of rotatable bonds is 2. The summed E-state index contributed by atoms with van der Waals surface area (Å²) in [6.07, 6.45) is 0. The molecule has 4 nitrogen and oxygen atoms in total. The molecule has 1 aromatic heterocycles. The molecule has 2 aromatic rings. The number of halogens is 2. The molecule has 6 heteroatoms. The van der Waals surface area contributed by atoms with Crippen LogP contribution < -0.4 is 0 Å². The van der Waals surface area contributed by atoms with Gasteiger partial charge in [0, 0.05) is 12.1 Å². The standard InChI is InChI=1S/C10H9ClFN3O/c1-15-9(5-16)13-14-10(15)7-4-6(11)2-3-8(7)12/h2-4,16H,5H2,1H3.